The number of fused-ring (bicyclic) bond motifs is 2. The van der Waals surface area contributed by atoms with Gasteiger partial charge in [0, 0.05) is 36.2 Å². The minimum absolute atomic E-state index is 0.0257. The third-order valence-electron chi connectivity index (χ3n) is 17.8. The van der Waals surface area contributed by atoms with E-state index in [1.54, 1.807) is 13.8 Å². The summed E-state index contributed by atoms with van der Waals surface area (Å²) in [5.41, 5.74) is 2.10. The predicted octanol–water partition coefficient (Wildman–Crippen LogP) is 2.09. The molecule has 0 bridgehead atoms. The van der Waals surface area contributed by atoms with Crippen molar-refractivity contribution in [3.05, 3.63) is 12.2 Å². The number of ketones is 1. The van der Waals surface area contributed by atoms with E-state index in [0.717, 1.165) is 51.5 Å². The highest BCUT2D eigenvalue weighted by Crippen LogP contribution is 2.75. The number of rotatable bonds is 7. The number of nitrogens with two attached hydrogens (primary N) is 2. The minimum Gasteiger partial charge on any atom is -0.391 e. The fraction of sp³-hybridized carbons (Fsp3) is 0.909. The summed E-state index contributed by atoms with van der Waals surface area (Å²) in [6.07, 6.45) is 9.74. The van der Waals surface area contributed by atoms with Crippen molar-refractivity contribution in [2.75, 3.05) is 19.7 Å². The molecule has 55 heavy (non-hydrogen) atoms. The third kappa shape index (κ3) is 6.22. The maximum Gasteiger partial charge on any atom is 0.180 e. The van der Waals surface area contributed by atoms with Crippen LogP contribution in [-0.4, -0.2) is 110 Å². The molecule has 0 radical (unpaired) electrons. The number of ether oxygens (including phenoxy) is 1. The average Bonchev–Trinajstić information content (AvgIpc) is 3.61. The van der Waals surface area contributed by atoms with Crippen LogP contribution in [0.15, 0.2) is 17.1 Å². The van der Waals surface area contributed by atoms with Gasteiger partial charge in [-0.2, -0.15) is 0 Å². The molecule has 6 aliphatic carbocycles. The van der Waals surface area contributed by atoms with Crippen molar-refractivity contribution in [3.63, 3.8) is 0 Å². The molecule has 10 N–H and O–H groups in total. The van der Waals surface area contributed by atoms with Crippen LogP contribution in [0.25, 0.3) is 0 Å². The molecule has 1 spiro atoms. The van der Waals surface area contributed by atoms with Gasteiger partial charge in [-0.15, -0.1) is 0 Å². The van der Waals surface area contributed by atoms with Gasteiger partial charge in [0.25, 0.3) is 0 Å². The first kappa shape index (κ1) is 40.5. The summed E-state index contributed by atoms with van der Waals surface area (Å²) in [6, 6.07) is 0. The molecule has 11 nitrogen and oxygen atoms in total. The Morgan fingerprint density at radius 2 is 1.75 bits per heavy atom. The van der Waals surface area contributed by atoms with Crippen LogP contribution in [0.4, 0.5) is 0 Å². The number of carbonyl (C=O) groups is 1. The van der Waals surface area contributed by atoms with Gasteiger partial charge in [0.15, 0.2) is 5.78 Å². The predicted molar refractivity (Wildman–Crippen MR) is 207 cm³/mol. The van der Waals surface area contributed by atoms with Crippen LogP contribution < -0.4 is 11.1 Å². The smallest absolute Gasteiger partial charge is 0.180 e. The number of nitrogens with zero attached hydrogens (tertiary/aromatic N) is 1. The fourth-order valence-electron chi connectivity index (χ4n) is 15.0. The third-order valence-corrected chi connectivity index (χ3v) is 17.8. The van der Waals surface area contributed by atoms with Crippen molar-refractivity contribution in [1.29, 1.82) is 0 Å². The maximum atomic E-state index is 15.4. The maximum absolute atomic E-state index is 15.4. The first-order chi connectivity index (χ1) is 26.1. The van der Waals surface area contributed by atoms with Crippen molar-refractivity contribution in [2.45, 2.75) is 159 Å². The van der Waals surface area contributed by atoms with Gasteiger partial charge in [-0.1, -0.05) is 45.3 Å². The van der Waals surface area contributed by atoms with Crippen molar-refractivity contribution in [1.82, 2.24) is 0 Å². The molecule has 11 heteroatoms. The topological polar surface area (TPSA) is 203 Å². The molecule has 0 aromatic carbocycles. The van der Waals surface area contributed by atoms with Gasteiger partial charge in [0.2, 0.25) is 0 Å². The monoisotopic (exact) mass is 771 g/mol. The number of quaternary nitrogens is 1. The van der Waals surface area contributed by atoms with E-state index in [1.807, 2.05) is 0 Å². The summed E-state index contributed by atoms with van der Waals surface area (Å²) < 4.78 is 6.21. The molecule has 2 heterocycles. The summed E-state index contributed by atoms with van der Waals surface area (Å²) in [4.78, 5) is 20.4. The quantitative estimate of drug-likeness (QED) is 0.179. The highest BCUT2D eigenvalue weighted by Gasteiger charge is 2.78. The standard InChI is InChI=1S/C44H71N3O8/c1-23-22-55-39(25(23)3)40(52)41(4,53)33-14-15-44(54)36-35-27(18-43(33,44)29-8-6-5-7-9-29)11-10-26(28-12-13-34(45)46-21-28)17-42(35)19-32(50)31(49)16-30(42)38(51)37(36)47-20-24(2)48/h10-11,23-36,39-40,46,48-50,52-54H,5-9,12-22,45H2,1-4H3/p+1. The Bertz CT molecular complexity index is 1490. The van der Waals surface area contributed by atoms with Crippen LogP contribution in [0.3, 0.4) is 0 Å². The number of carbonyl (C=O) groups excluding carboxylic acids is 1. The van der Waals surface area contributed by atoms with E-state index in [9.17, 15) is 30.6 Å². The van der Waals surface area contributed by atoms with Crippen molar-refractivity contribution in [2.24, 2.45) is 80.7 Å². The number of allylic oxidation sites excluding steroid dienone is 2. The lowest BCUT2D eigenvalue weighted by Crippen LogP contribution is -2.95. The Labute approximate surface area is 328 Å². The zero-order chi connectivity index (χ0) is 39.2. The lowest BCUT2D eigenvalue weighted by atomic mass is 9.36. The molecule has 19 atom stereocenters. The molecule has 7 fully saturated rings. The van der Waals surface area contributed by atoms with E-state index >= 15 is 4.79 Å². The van der Waals surface area contributed by atoms with Crippen LogP contribution in [0.1, 0.15) is 111 Å². The first-order valence-electron chi connectivity index (χ1n) is 22.2. The number of aliphatic hydroxyl groups excluding tert-OH is 4. The molecule has 2 aliphatic heterocycles. The molecule has 310 valence electrons. The number of hydrogen-bond donors (Lipinski definition) is 8. The fourth-order valence-corrected chi connectivity index (χ4v) is 15.0. The number of Topliss-reactive ketones (excluding diaryl/α,β-unsaturated/α-hetero) is 1. The van der Waals surface area contributed by atoms with Gasteiger partial charge >= 0.3 is 0 Å². The molecular formula is C44H72N3O8+. The SMILES string of the molecule is CC(O)CN=C1C(=O)C2CC(O)C(O)CC23CC(C2CCC(N)[NH2+]C2)C=CC2CC4(C5CCCCC5)C(C(C)(O)C(O)C5OCC(C)C5C)CCC4(O)C1C23. The molecular weight excluding hydrogens is 698 g/mol. The van der Waals surface area contributed by atoms with Gasteiger partial charge in [0.05, 0.1) is 54.4 Å². The molecule has 8 aliphatic rings. The second kappa shape index (κ2) is 14.8. The zero-order valence-corrected chi connectivity index (χ0v) is 33.8. The summed E-state index contributed by atoms with van der Waals surface area (Å²) in [6.45, 7) is 9.08. The Morgan fingerprint density at radius 1 is 1.02 bits per heavy atom. The molecule has 0 amide bonds. The molecule has 0 aromatic heterocycles. The second-order valence-electron chi connectivity index (χ2n) is 20.6. The number of hydrogen-bond acceptors (Lipinski definition) is 10. The number of piperidine rings is 1. The van der Waals surface area contributed by atoms with Gasteiger partial charge in [0.1, 0.15) is 12.3 Å². The Hall–Kier alpha value is -1.28. The van der Waals surface area contributed by atoms with Gasteiger partial charge in [-0.3, -0.25) is 15.5 Å². The van der Waals surface area contributed by atoms with E-state index in [2.05, 4.69) is 31.3 Å². The summed E-state index contributed by atoms with van der Waals surface area (Å²) in [7, 11) is 0. The van der Waals surface area contributed by atoms with E-state index < -0.39 is 70.3 Å². The van der Waals surface area contributed by atoms with Gasteiger partial charge in [-0.05, 0) is 118 Å². The van der Waals surface area contributed by atoms with Crippen LogP contribution in [-0.2, 0) is 9.53 Å². The molecule has 0 aromatic rings. The van der Waals surface area contributed by atoms with Crippen LogP contribution >= 0.6 is 0 Å². The van der Waals surface area contributed by atoms with Crippen LogP contribution in [0.5, 0.6) is 0 Å². The van der Waals surface area contributed by atoms with E-state index in [-0.39, 0.29) is 66.8 Å². The zero-order valence-electron chi connectivity index (χ0n) is 33.8. The minimum atomic E-state index is -1.59. The lowest BCUT2D eigenvalue weighted by molar-refractivity contribution is -0.703. The van der Waals surface area contributed by atoms with E-state index in [1.165, 1.54) is 0 Å². The second-order valence-corrected chi connectivity index (χ2v) is 20.6. The number of aliphatic imine (C=N–C) groups is 1. The lowest BCUT2D eigenvalue weighted by Gasteiger charge is -2.69. The highest BCUT2D eigenvalue weighted by atomic mass is 16.5. The van der Waals surface area contributed by atoms with Crippen molar-refractivity contribution < 1.29 is 45.5 Å². The first-order valence-corrected chi connectivity index (χ1v) is 22.2. The highest BCUT2D eigenvalue weighted by molar-refractivity contribution is 6.42. The molecule has 8 rings (SSSR count). The number of aliphatic hydroxyl groups is 6. The van der Waals surface area contributed by atoms with E-state index in [0.29, 0.717) is 43.9 Å². The normalized spacial score (nSPS) is 51.8. The molecule has 5 saturated carbocycles. The van der Waals surface area contributed by atoms with E-state index in [4.69, 9.17) is 15.5 Å². The van der Waals surface area contributed by atoms with Crippen LogP contribution in [0.2, 0.25) is 0 Å². The van der Waals surface area contributed by atoms with Crippen LogP contribution in [0, 0.1) is 70.0 Å². The van der Waals surface area contributed by atoms with Gasteiger partial charge < -0.3 is 40.7 Å². The molecule has 2 saturated heterocycles. The Kier molecular flexibility index (Phi) is 10.9. The largest absolute Gasteiger partial charge is 0.391 e. The van der Waals surface area contributed by atoms with Crippen molar-refractivity contribution >= 4 is 11.5 Å². The summed E-state index contributed by atoms with van der Waals surface area (Å²) >= 11 is 0. The van der Waals surface area contributed by atoms with Crippen molar-refractivity contribution in [3.8, 4) is 0 Å². The average molecular weight is 771 g/mol. The summed E-state index contributed by atoms with van der Waals surface area (Å²) in [5, 5.41) is 75.1. The van der Waals surface area contributed by atoms with Gasteiger partial charge in [-0.25, -0.2) is 0 Å². The Morgan fingerprint density at radius 3 is 2.40 bits per heavy atom. The summed E-state index contributed by atoms with van der Waals surface area (Å²) in [5.74, 6) is -1.41. The molecule has 19 unspecified atom stereocenters. The Balaban J connectivity index is 1.32.